The second kappa shape index (κ2) is 6.59. The van der Waals surface area contributed by atoms with Crippen LogP contribution >= 0.6 is 0 Å². The fraction of sp³-hybridized carbons (Fsp3) is 0.647. The first-order chi connectivity index (χ1) is 9.49. The minimum atomic E-state index is 0.263. The van der Waals surface area contributed by atoms with Crippen LogP contribution in [0, 0.1) is 13.8 Å². The highest BCUT2D eigenvalue weighted by molar-refractivity contribution is 5.33. The van der Waals surface area contributed by atoms with Gasteiger partial charge in [0.25, 0.3) is 0 Å². The van der Waals surface area contributed by atoms with Crippen molar-refractivity contribution in [3.05, 3.63) is 29.3 Å². The van der Waals surface area contributed by atoms with E-state index in [1.54, 1.807) is 0 Å². The molecule has 1 aliphatic heterocycles. The van der Waals surface area contributed by atoms with Crippen LogP contribution in [0.5, 0.6) is 5.75 Å². The molecule has 1 aromatic rings. The summed E-state index contributed by atoms with van der Waals surface area (Å²) >= 11 is 0. The monoisotopic (exact) mass is 276 g/mol. The predicted molar refractivity (Wildman–Crippen MR) is 84.5 cm³/mol. The highest BCUT2D eigenvalue weighted by atomic mass is 16.5. The number of aryl methyl sites for hydroxylation is 2. The van der Waals surface area contributed by atoms with E-state index in [2.05, 4.69) is 56.1 Å². The molecule has 0 atom stereocenters. The van der Waals surface area contributed by atoms with Crippen LogP contribution in [0.4, 0.5) is 0 Å². The van der Waals surface area contributed by atoms with Crippen LogP contribution in [0.1, 0.15) is 31.4 Å². The van der Waals surface area contributed by atoms with Crippen molar-refractivity contribution in [2.45, 2.75) is 39.7 Å². The van der Waals surface area contributed by atoms with Crippen molar-refractivity contribution in [1.29, 1.82) is 0 Å². The number of rotatable bonds is 5. The highest BCUT2D eigenvalue weighted by Gasteiger charge is 2.28. The van der Waals surface area contributed by atoms with Crippen molar-refractivity contribution < 1.29 is 4.74 Å². The Labute approximate surface area is 123 Å². The first-order valence-electron chi connectivity index (χ1n) is 7.65. The molecule has 0 amide bonds. The lowest BCUT2D eigenvalue weighted by molar-refractivity contribution is 0.0842. The van der Waals surface area contributed by atoms with E-state index in [0.717, 1.165) is 45.0 Å². The molecule has 1 saturated heterocycles. The van der Waals surface area contributed by atoms with Gasteiger partial charge in [-0.1, -0.05) is 6.07 Å². The number of ether oxygens (including phenoxy) is 1. The Balaban J connectivity index is 1.74. The van der Waals surface area contributed by atoms with Crippen LogP contribution in [0.3, 0.4) is 0 Å². The summed E-state index contributed by atoms with van der Waals surface area (Å²) in [7, 11) is 0. The van der Waals surface area contributed by atoms with E-state index in [4.69, 9.17) is 4.74 Å². The molecule has 1 aliphatic rings. The third-order valence-electron chi connectivity index (χ3n) is 4.29. The summed E-state index contributed by atoms with van der Waals surface area (Å²) in [4.78, 5) is 2.56. The van der Waals surface area contributed by atoms with Crippen LogP contribution < -0.4 is 10.1 Å². The van der Waals surface area contributed by atoms with Gasteiger partial charge >= 0.3 is 0 Å². The largest absolute Gasteiger partial charge is 0.494 e. The minimum Gasteiger partial charge on any atom is -0.494 e. The lowest BCUT2D eigenvalue weighted by Gasteiger charge is -2.42. The van der Waals surface area contributed by atoms with E-state index in [9.17, 15) is 0 Å². The Kier molecular flexibility index (Phi) is 5.06. The Morgan fingerprint density at radius 3 is 2.75 bits per heavy atom. The molecule has 0 aromatic heterocycles. The molecular weight excluding hydrogens is 248 g/mol. The van der Waals surface area contributed by atoms with Crippen LogP contribution in [0.25, 0.3) is 0 Å². The molecule has 1 fully saturated rings. The summed E-state index contributed by atoms with van der Waals surface area (Å²) in [6.45, 7) is 14.1. The summed E-state index contributed by atoms with van der Waals surface area (Å²) in [6.07, 6.45) is 1.08. The summed E-state index contributed by atoms with van der Waals surface area (Å²) in [6, 6.07) is 6.32. The highest BCUT2D eigenvalue weighted by Crippen LogP contribution is 2.18. The van der Waals surface area contributed by atoms with Gasteiger partial charge < -0.3 is 10.1 Å². The van der Waals surface area contributed by atoms with Gasteiger partial charge in [0.05, 0.1) is 6.61 Å². The van der Waals surface area contributed by atoms with Gasteiger partial charge in [-0.25, -0.2) is 0 Å². The second-order valence-corrected chi connectivity index (χ2v) is 6.42. The molecule has 0 radical (unpaired) electrons. The third-order valence-corrected chi connectivity index (χ3v) is 4.29. The number of hydrogen-bond donors (Lipinski definition) is 1. The lowest BCUT2D eigenvalue weighted by atomic mass is 10.00. The van der Waals surface area contributed by atoms with Crippen molar-refractivity contribution in [2.75, 3.05) is 32.8 Å². The standard InChI is InChI=1S/C17H28N2O/c1-14-6-7-16(12-15(14)2)20-11-5-9-19-10-8-18-13-17(19,3)4/h6-7,12,18H,5,8-11,13H2,1-4H3. The molecule has 1 aromatic carbocycles. The maximum Gasteiger partial charge on any atom is 0.119 e. The molecule has 3 heteroatoms. The van der Waals surface area contributed by atoms with E-state index >= 15 is 0 Å². The maximum atomic E-state index is 5.86. The quantitative estimate of drug-likeness (QED) is 0.837. The molecule has 0 aliphatic carbocycles. The predicted octanol–water partition coefficient (Wildman–Crippen LogP) is 2.76. The lowest BCUT2D eigenvalue weighted by Crippen LogP contribution is -2.58. The average Bonchev–Trinajstić information content (AvgIpc) is 2.40. The Hall–Kier alpha value is -1.06. The summed E-state index contributed by atoms with van der Waals surface area (Å²) in [5.74, 6) is 0.993. The van der Waals surface area contributed by atoms with Crippen molar-refractivity contribution in [3.8, 4) is 5.75 Å². The first kappa shape index (κ1) is 15.3. The molecular formula is C17H28N2O. The first-order valence-corrected chi connectivity index (χ1v) is 7.65. The molecule has 1 heterocycles. The number of benzene rings is 1. The van der Waals surface area contributed by atoms with E-state index in [1.807, 2.05) is 0 Å². The molecule has 3 nitrogen and oxygen atoms in total. The van der Waals surface area contributed by atoms with Gasteiger partial charge in [-0.3, -0.25) is 4.90 Å². The van der Waals surface area contributed by atoms with Crippen LogP contribution in [0.2, 0.25) is 0 Å². The van der Waals surface area contributed by atoms with Gasteiger partial charge in [0.15, 0.2) is 0 Å². The summed E-state index contributed by atoms with van der Waals surface area (Å²) < 4.78 is 5.86. The summed E-state index contributed by atoms with van der Waals surface area (Å²) in [5.41, 5.74) is 2.88. The van der Waals surface area contributed by atoms with Crippen molar-refractivity contribution in [2.24, 2.45) is 0 Å². The molecule has 0 unspecified atom stereocenters. The zero-order valence-electron chi connectivity index (χ0n) is 13.3. The van der Waals surface area contributed by atoms with Crippen molar-refractivity contribution >= 4 is 0 Å². The molecule has 20 heavy (non-hydrogen) atoms. The van der Waals surface area contributed by atoms with Gasteiger partial charge in [-0.15, -0.1) is 0 Å². The minimum absolute atomic E-state index is 0.263. The van der Waals surface area contributed by atoms with Gasteiger partial charge in [0, 0.05) is 31.7 Å². The van der Waals surface area contributed by atoms with Crippen molar-refractivity contribution in [3.63, 3.8) is 0 Å². The van der Waals surface area contributed by atoms with Crippen molar-refractivity contribution in [1.82, 2.24) is 10.2 Å². The maximum absolute atomic E-state index is 5.86. The molecule has 112 valence electrons. The fourth-order valence-electron chi connectivity index (χ4n) is 2.69. The SMILES string of the molecule is Cc1ccc(OCCCN2CCNCC2(C)C)cc1C. The van der Waals surface area contributed by atoms with Gasteiger partial charge in [-0.05, 0) is 57.4 Å². The average molecular weight is 276 g/mol. The van der Waals surface area contributed by atoms with Crippen LogP contribution in [0.15, 0.2) is 18.2 Å². The Bertz CT molecular complexity index is 443. The van der Waals surface area contributed by atoms with E-state index in [1.165, 1.54) is 11.1 Å². The van der Waals surface area contributed by atoms with E-state index in [-0.39, 0.29) is 5.54 Å². The molecule has 0 bridgehead atoms. The summed E-state index contributed by atoms with van der Waals surface area (Å²) in [5, 5.41) is 3.46. The molecule has 0 spiro atoms. The number of nitrogens with one attached hydrogen (secondary N) is 1. The van der Waals surface area contributed by atoms with Gasteiger partial charge in [0.2, 0.25) is 0 Å². The van der Waals surface area contributed by atoms with Crippen LogP contribution in [-0.4, -0.2) is 43.2 Å². The second-order valence-electron chi connectivity index (χ2n) is 6.42. The topological polar surface area (TPSA) is 24.5 Å². The smallest absolute Gasteiger partial charge is 0.119 e. The van der Waals surface area contributed by atoms with E-state index < -0.39 is 0 Å². The zero-order chi connectivity index (χ0) is 14.6. The normalized spacial score (nSPS) is 19.0. The van der Waals surface area contributed by atoms with E-state index in [0.29, 0.717) is 0 Å². The van der Waals surface area contributed by atoms with Crippen LogP contribution in [-0.2, 0) is 0 Å². The fourth-order valence-corrected chi connectivity index (χ4v) is 2.69. The Morgan fingerprint density at radius 1 is 1.25 bits per heavy atom. The zero-order valence-corrected chi connectivity index (χ0v) is 13.3. The molecule has 1 N–H and O–H groups in total. The molecule has 2 rings (SSSR count). The third kappa shape index (κ3) is 3.97. The van der Waals surface area contributed by atoms with Gasteiger partial charge in [0.1, 0.15) is 5.75 Å². The Morgan fingerprint density at radius 2 is 2.05 bits per heavy atom. The number of piperazine rings is 1. The number of hydrogen-bond acceptors (Lipinski definition) is 3. The van der Waals surface area contributed by atoms with Gasteiger partial charge in [-0.2, -0.15) is 0 Å². The number of nitrogens with zero attached hydrogens (tertiary/aromatic N) is 1. The molecule has 0 saturated carbocycles.